The molecule has 1 aromatic rings. The summed E-state index contributed by atoms with van der Waals surface area (Å²) in [4.78, 5) is 23.9. The lowest BCUT2D eigenvalue weighted by molar-refractivity contribution is -0.123. The monoisotopic (exact) mass is 289 g/mol. The molecular formula is C17H23NO3. The molecule has 0 unspecified atom stereocenters. The zero-order valence-corrected chi connectivity index (χ0v) is 12.7. The van der Waals surface area contributed by atoms with Gasteiger partial charge >= 0.3 is 0 Å². The van der Waals surface area contributed by atoms with Crippen LogP contribution in [-0.4, -0.2) is 28.9 Å². The number of amides is 1. The lowest BCUT2D eigenvalue weighted by Crippen LogP contribution is -2.47. The fraction of sp³-hybridized carbons (Fsp3) is 0.529. The molecule has 1 aliphatic carbocycles. The second-order valence-corrected chi connectivity index (χ2v) is 6.10. The number of hydrogen-bond donors (Lipinski definition) is 2. The van der Waals surface area contributed by atoms with Crippen LogP contribution in [0.3, 0.4) is 0 Å². The molecule has 0 aromatic heterocycles. The minimum Gasteiger partial charge on any atom is -0.388 e. The molecule has 0 saturated heterocycles. The second kappa shape index (κ2) is 6.39. The number of Topliss-reactive ketones (excluding diaryl/α,β-unsaturated/α-hetero) is 1. The van der Waals surface area contributed by atoms with Gasteiger partial charge in [0.15, 0.2) is 5.78 Å². The summed E-state index contributed by atoms with van der Waals surface area (Å²) in [5.74, 6) is -0.178. The molecule has 1 fully saturated rings. The summed E-state index contributed by atoms with van der Waals surface area (Å²) in [7, 11) is 0. The topological polar surface area (TPSA) is 66.4 Å². The summed E-state index contributed by atoms with van der Waals surface area (Å²) in [6.45, 7) is 4.14. The SMILES string of the molecule is Cc1ccc(C)c(C(=O)CCC(=O)NCC2(O)CCC2)c1. The number of benzene rings is 1. The van der Waals surface area contributed by atoms with Gasteiger partial charge in [0, 0.05) is 24.9 Å². The maximum absolute atomic E-state index is 12.2. The van der Waals surface area contributed by atoms with E-state index in [0.29, 0.717) is 12.1 Å². The molecule has 1 aromatic carbocycles. The van der Waals surface area contributed by atoms with Gasteiger partial charge in [-0.15, -0.1) is 0 Å². The Bertz CT molecular complexity index is 547. The smallest absolute Gasteiger partial charge is 0.220 e. The average molecular weight is 289 g/mol. The van der Waals surface area contributed by atoms with E-state index in [0.717, 1.165) is 30.4 Å². The highest BCUT2D eigenvalue weighted by molar-refractivity contribution is 5.99. The molecule has 1 aliphatic rings. The molecule has 0 spiro atoms. The summed E-state index contributed by atoms with van der Waals surface area (Å²) in [6, 6.07) is 5.76. The van der Waals surface area contributed by atoms with Gasteiger partial charge in [0.1, 0.15) is 0 Å². The van der Waals surface area contributed by atoms with Crippen molar-refractivity contribution in [3.63, 3.8) is 0 Å². The molecule has 4 nitrogen and oxygen atoms in total. The van der Waals surface area contributed by atoms with Crippen LogP contribution in [0.4, 0.5) is 0 Å². The van der Waals surface area contributed by atoms with Gasteiger partial charge < -0.3 is 10.4 Å². The van der Waals surface area contributed by atoms with Crippen molar-refractivity contribution < 1.29 is 14.7 Å². The first-order chi connectivity index (χ1) is 9.89. The van der Waals surface area contributed by atoms with Crippen LogP contribution in [0.15, 0.2) is 18.2 Å². The van der Waals surface area contributed by atoms with Crippen molar-refractivity contribution in [1.82, 2.24) is 5.32 Å². The van der Waals surface area contributed by atoms with Crippen LogP contribution >= 0.6 is 0 Å². The number of aryl methyl sites for hydroxylation is 2. The average Bonchev–Trinajstić information content (AvgIpc) is 2.43. The Morgan fingerprint density at radius 2 is 1.95 bits per heavy atom. The molecule has 4 heteroatoms. The largest absolute Gasteiger partial charge is 0.388 e. The molecule has 114 valence electrons. The Labute approximate surface area is 125 Å². The van der Waals surface area contributed by atoms with Crippen molar-refractivity contribution in [3.8, 4) is 0 Å². The van der Waals surface area contributed by atoms with Crippen molar-refractivity contribution in [3.05, 3.63) is 34.9 Å². The normalized spacial score (nSPS) is 16.1. The van der Waals surface area contributed by atoms with E-state index >= 15 is 0 Å². The van der Waals surface area contributed by atoms with Gasteiger partial charge in [0.25, 0.3) is 0 Å². The zero-order valence-electron chi connectivity index (χ0n) is 12.7. The summed E-state index contributed by atoms with van der Waals surface area (Å²) >= 11 is 0. The van der Waals surface area contributed by atoms with E-state index in [4.69, 9.17) is 0 Å². The Kier molecular flexibility index (Phi) is 4.78. The highest BCUT2D eigenvalue weighted by Gasteiger charge is 2.34. The first-order valence-electron chi connectivity index (χ1n) is 7.49. The highest BCUT2D eigenvalue weighted by atomic mass is 16.3. The Morgan fingerprint density at radius 1 is 1.24 bits per heavy atom. The quantitative estimate of drug-likeness (QED) is 0.790. The van der Waals surface area contributed by atoms with Gasteiger partial charge in [-0.3, -0.25) is 9.59 Å². The number of carbonyl (C=O) groups excluding carboxylic acids is 2. The van der Waals surface area contributed by atoms with Gasteiger partial charge in [-0.25, -0.2) is 0 Å². The molecule has 0 heterocycles. The second-order valence-electron chi connectivity index (χ2n) is 6.10. The van der Waals surface area contributed by atoms with E-state index in [1.54, 1.807) is 0 Å². The van der Waals surface area contributed by atoms with Crippen LogP contribution in [0.1, 0.15) is 53.6 Å². The van der Waals surface area contributed by atoms with Crippen LogP contribution in [-0.2, 0) is 4.79 Å². The van der Waals surface area contributed by atoms with Crippen molar-refractivity contribution in [2.45, 2.75) is 51.6 Å². The summed E-state index contributed by atoms with van der Waals surface area (Å²) in [6.07, 6.45) is 2.87. The number of rotatable bonds is 6. The van der Waals surface area contributed by atoms with Crippen LogP contribution in [0.5, 0.6) is 0 Å². The van der Waals surface area contributed by atoms with Crippen molar-refractivity contribution in [2.75, 3.05) is 6.54 Å². The van der Waals surface area contributed by atoms with E-state index in [-0.39, 0.29) is 24.5 Å². The molecule has 2 N–H and O–H groups in total. The lowest BCUT2D eigenvalue weighted by atomic mass is 9.80. The van der Waals surface area contributed by atoms with Crippen LogP contribution in [0.25, 0.3) is 0 Å². The maximum Gasteiger partial charge on any atom is 0.220 e. The third kappa shape index (κ3) is 4.14. The van der Waals surface area contributed by atoms with Gasteiger partial charge in [-0.2, -0.15) is 0 Å². The fourth-order valence-corrected chi connectivity index (χ4v) is 2.51. The first-order valence-corrected chi connectivity index (χ1v) is 7.49. The number of nitrogens with one attached hydrogen (secondary N) is 1. The molecule has 2 rings (SSSR count). The van der Waals surface area contributed by atoms with E-state index in [1.807, 2.05) is 32.0 Å². The highest BCUT2D eigenvalue weighted by Crippen LogP contribution is 2.30. The third-order valence-corrected chi connectivity index (χ3v) is 4.17. The van der Waals surface area contributed by atoms with Crippen molar-refractivity contribution >= 4 is 11.7 Å². The molecule has 21 heavy (non-hydrogen) atoms. The number of aliphatic hydroxyl groups is 1. The van der Waals surface area contributed by atoms with Crippen LogP contribution in [0.2, 0.25) is 0 Å². The van der Waals surface area contributed by atoms with E-state index in [9.17, 15) is 14.7 Å². The molecule has 0 bridgehead atoms. The Balaban J connectivity index is 1.80. The first kappa shape index (κ1) is 15.7. The molecule has 1 amide bonds. The Morgan fingerprint density at radius 3 is 2.57 bits per heavy atom. The molecular weight excluding hydrogens is 266 g/mol. The van der Waals surface area contributed by atoms with Gasteiger partial charge in [-0.1, -0.05) is 17.7 Å². The predicted molar refractivity (Wildman–Crippen MR) is 81.3 cm³/mol. The Hall–Kier alpha value is -1.68. The maximum atomic E-state index is 12.2. The summed E-state index contributed by atoms with van der Waals surface area (Å²) in [5, 5.41) is 12.6. The number of carbonyl (C=O) groups is 2. The summed E-state index contributed by atoms with van der Waals surface area (Å²) in [5.41, 5.74) is 1.96. The minimum atomic E-state index is -0.715. The van der Waals surface area contributed by atoms with E-state index in [1.165, 1.54) is 0 Å². The molecule has 0 aliphatic heterocycles. The zero-order chi connectivity index (χ0) is 15.5. The van der Waals surface area contributed by atoms with Crippen LogP contribution < -0.4 is 5.32 Å². The van der Waals surface area contributed by atoms with Crippen LogP contribution in [0, 0.1) is 13.8 Å². The lowest BCUT2D eigenvalue weighted by Gasteiger charge is -2.36. The summed E-state index contributed by atoms with van der Waals surface area (Å²) < 4.78 is 0. The number of hydrogen-bond acceptors (Lipinski definition) is 3. The third-order valence-electron chi connectivity index (χ3n) is 4.17. The van der Waals surface area contributed by atoms with Gasteiger partial charge in [-0.05, 0) is 44.7 Å². The standard InChI is InChI=1S/C17H23NO3/c1-12-4-5-13(2)14(10-12)15(19)6-7-16(20)18-11-17(21)8-3-9-17/h4-5,10,21H,3,6-9,11H2,1-2H3,(H,18,20). The van der Waals surface area contributed by atoms with Crippen molar-refractivity contribution in [1.29, 1.82) is 0 Å². The molecule has 0 radical (unpaired) electrons. The van der Waals surface area contributed by atoms with Crippen molar-refractivity contribution in [2.24, 2.45) is 0 Å². The molecule has 0 atom stereocenters. The van der Waals surface area contributed by atoms with Gasteiger partial charge in [0.2, 0.25) is 5.91 Å². The van der Waals surface area contributed by atoms with Gasteiger partial charge in [0.05, 0.1) is 5.60 Å². The molecule has 1 saturated carbocycles. The van der Waals surface area contributed by atoms with E-state index < -0.39 is 5.60 Å². The number of ketones is 1. The predicted octanol–water partition coefficient (Wildman–Crippen LogP) is 2.30. The fourth-order valence-electron chi connectivity index (χ4n) is 2.51. The minimum absolute atomic E-state index is 0.00583. The van der Waals surface area contributed by atoms with E-state index in [2.05, 4.69) is 5.32 Å².